The molecule has 0 atom stereocenters. The summed E-state index contributed by atoms with van der Waals surface area (Å²) in [6, 6.07) is 5.10. The second-order valence-electron chi connectivity index (χ2n) is 3.01. The minimum Gasteiger partial charge on any atom is -0.495 e. The SMILES string of the molecule is COc1ccc(-n2nncc2C=O)cc1Cl. The fourth-order valence-corrected chi connectivity index (χ4v) is 1.56. The van der Waals surface area contributed by atoms with E-state index in [1.165, 1.54) is 18.0 Å². The zero-order valence-corrected chi connectivity index (χ0v) is 9.18. The van der Waals surface area contributed by atoms with Crippen LogP contribution in [-0.4, -0.2) is 28.4 Å². The molecule has 0 spiro atoms. The van der Waals surface area contributed by atoms with Gasteiger partial charge in [0.05, 0.1) is 24.0 Å². The molecule has 16 heavy (non-hydrogen) atoms. The molecule has 0 aliphatic carbocycles. The Bertz CT molecular complexity index is 525. The minimum atomic E-state index is 0.362. The van der Waals surface area contributed by atoms with Gasteiger partial charge in [-0.1, -0.05) is 16.8 Å². The molecule has 5 nitrogen and oxygen atoms in total. The number of carbonyl (C=O) groups excluding carboxylic acids is 1. The van der Waals surface area contributed by atoms with Crippen LogP contribution in [0, 0.1) is 0 Å². The summed E-state index contributed by atoms with van der Waals surface area (Å²) >= 11 is 5.97. The molecule has 0 N–H and O–H groups in total. The highest BCUT2D eigenvalue weighted by Crippen LogP contribution is 2.26. The molecule has 0 saturated carbocycles. The van der Waals surface area contributed by atoms with Gasteiger partial charge in [-0.25, -0.2) is 4.68 Å². The summed E-state index contributed by atoms with van der Waals surface area (Å²) in [5, 5.41) is 7.89. The van der Waals surface area contributed by atoms with E-state index in [1.54, 1.807) is 18.2 Å². The van der Waals surface area contributed by atoms with Crippen LogP contribution in [0.25, 0.3) is 5.69 Å². The molecule has 0 saturated heterocycles. The standard InChI is InChI=1S/C10H8ClN3O2/c1-16-10-3-2-7(4-9(10)11)14-8(6-15)5-12-13-14/h2-6H,1H3. The van der Waals surface area contributed by atoms with Crippen LogP contribution in [0.1, 0.15) is 10.5 Å². The Hall–Kier alpha value is -1.88. The number of halogens is 1. The van der Waals surface area contributed by atoms with Gasteiger partial charge in [0.15, 0.2) is 6.29 Å². The molecule has 0 fully saturated rings. The van der Waals surface area contributed by atoms with Gasteiger partial charge in [-0.3, -0.25) is 4.79 Å². The maximum atomic E-state index is 10.7. The fourth-order valence-electron chi connectivity index (χ4n) is 1.31. The van der Waals surface area contributed by atoms with Gasteiger partial charge < -0.3 is 4.74 Å². The summed E-state index contributed by atoms with van der Waals surface area (Å²) in [4.78, 5) is 10.7. The molecule has 6 heteroatoms. The van der Waals surface area contributed by atoms with E-state index in [4.69, 9.17) is 16.3 Å². The van der Waals surface area contributed by atoms with Crippen molar-refractivity contribution in [2.75, 3.05) is 7.11 Å². The normalized spacial score (nSPS) is 10.1. The molecule has 0 amide bonds. The second-order valence-corrected chi connectivity index (χ2v) is 3.41. The van der Waals surface area contributed by atoms with Gasteiger partial charge >= 0.3 is 0 Å². The van der Waals surface area contributed by atoms with Gasteiger partial charge in [-0.2, -0.15) is 0 Å². The molecule has 0 radical (unpaired) electrons. The van der Waals surface area contributed by atoms with Crippen molar-refractivity contribution < 1.29 is 9.53 Å². The van der Waals surface area contributed by atoms with Gasteiger partial charge in [-0.15, -0.1) is 5.10 Å². The predicted octanol–water partition coefficient (Wildman–Crippen LogP) is 1.74. The fraction of sp³-hybridized carbons (Fsp3) is 0.100. The summed E-state index contributed by atoms with van der Waals surface area (Å²) < 4.78 is 6.43. The van der Waals surface area contributed by atoms with Crippen LogP contribution in [0.2, 0.25) is 5.02 Å². The number of methoxy groups -OCH3 is 1. The van der Waals surface area contributed by atoms with Crippen LogP contribution in [0.3, 0.4) is 0 Å². The number of aldehydes is 1. The number of ether oxygens (including phenoxy) is 1. The van der Waals surface area contributed by atoms with Gasteiger partial charge in [0.25, 0.3) is 0 Å². The molecule has 2 rings (SSSR count). The Morgan fingerprint density at radius 2 is 2.31 bits per heavy atom. The van der Waals surface area contributed by atoms with Crippen LogP contribution >= 0.6 is 11.6 Å². The quantitative estimate of drug-likeness (QED) is 0.763. The summed E-state index contributed by atoms with van der Waals surface area (Å²) in [7, 11) is 1.53. The molecule has 1 aromatic heterocycles. The maximum absolute atomic E-state index is 10.7. The number of nitrogens with zero attached hydrogens (tertiary/aromatic N) is 3. The number of hydrogen-bond donors (Lipinski definition) is 0. The minimum absolute atomic E-state index is 0.362. The summed E-state index contributed by atoms with van der Waals surface area (Å²) in [5.41, 5.74) is 1.02. The molecule has 1 aromatic carbocycles. The number of carbonyl (C=O) groups is 1. The highest BCUT2D eigenvalue weighted by Gasteiger charge is 2.07. The van der Waals surface area contributed by atoms with E-state index in [0.717, 1.165) is 0 Å². The Kier molecular flexibility index (Phi) is 2.87. The van der Waals surface area contributed by atoms with E-state index in [-0.39, 0.29) is 0 Å². The third kappa shape index (κ3) is 1.77. The van der Waals surface area contributed by atoms with Crippen molar-refractivity contribution in [2.24, 2.45) is 0 Å². The van der Waals surface area contributed by atoms with Crippen LogP contribution in [0.4, 0.5) is 0 Å². The first kappa shape index (κ1) is 10.6. The topological polar surface area (TPSA) is 57.0 Å². The maximum Gasteiger partial charge on any atom is 0.170 e. The van der Waals surface area contributed by atoms with Crippen molar-refractivity contribution in [3.05, 3.63) is 35.1 Å². The average molecular weight is 238 g/mol. The molecule has 0 aliphatic rings. The molecular formula is C10H8ClN3O2. The molecule has 0 bridgehead atoms. The smallest absolute Gasteiger partial charge is 0.170 e. The van der Waals surface area contributed by atoms with Crippen LogP contribution in [-0.2, 0) is 0 Å². The third-order valence-electron chi connectivity index (χ3n) is 2.08. The highest BCUT2D eigenvalue weighted by atomic mass is 35.5. The van der Waals surface area contributed by atoms with Crippen molar-refractivity contribution in [2.45, 2.75) is 0 Å². The lowest BCUT2D eigenvalue weighted by molar-refractivity contribution is 0.111. The number of benzene rings is 1. The number of rotatable bonds is 3. The first-order valence-corrected chi connectivity index (χ1v) is 4.84. The first-order valence-electron chi connectivity index (χ1n) is 4.46. The largest absolute Gasteiger partial charge is 0.495 e. The highest BCUT2D eigenvalue weighted by molar-refractivity contribution is 6.32. The third-order valence-corrected chi connectivity index (χ3v) is 2.37. The zero-order chi connectivity index (χ0) is 11.5. The van der Waals surface area contributed by atoms with E-state index in [0.29, 0.717) is 28.4 Å². The van der Waals surface area contributed by atoms with Gasteiger partial charge in [0.2, 0.25) is 0 Å². The van der Waals surface area contributed by atoms with Crippen molar-refractivity contribution in [3.63, 3.8) is 0 Å². The first-order chi connectivity index (χ1) is 7.76. The molecule has 2 aromatic rings. The summed E-state index contributed by atoms with van der Waals surface area (Å²) in [6.45, 7) is 0. The Morgan fingerprint density at radius 3 is 2.94 bits per heavy atom. The average Bonchev–Trinajstić information content (AvgIpc) is 2.77. The Labute approximate surface area is 96.6 Å². The lowest BCUT2D eigenvalue weighted by Crippen LogP contribution is -2.01. The number of aromatic nitrogens is 3. The van der Waals surface area contributed by atoms with E-state index < -0.39 is 0 Å². The van der Waals surface area contributed by atoms with Crippen molar-refractivity contribution in [3.8, 4) is 11.4 Å². The van der Waals surface area contributed by atoms with Gasteiger partial charge in [-0.05, 0) is 18.2 Å². The Balaban J connectivity index is 2.49. The van der Waals surface area contributed by atoms with E-state index in [2.05, 4.69) is 10.3 Å². The van der Waals surface area contributed by atoms with Gasteiger partial charge in [0.1, 0.15) is 11.4 Å². The molecule has 0 unspecified atom stereocenters. The van der Waals surface area contributed by atoms with Crippen LogP contribution < -0.4 is 4.74 Å². The van der Waals surface area contributed by atoms with E-state index >= 15 is 0 Å². The van der Waals surface area contributed by atoms with Gasteiger partial charge in [0, 0.05) is 0 Å². The molecule has 1 heterocycles. The van der Waals surface area contributed by atoms with E-state index in [9.17, 15) is 4.79 Å². The zero-order valence-electron chi connectivity index (χ0n) is 8.42. The molecular weight excluding hydrogens is 230 g/mol. The van der Waals surface area contributed by atoms with Crippen molar-refractivity contribution >= 4 is 17.9 Å². The predicted molar refractivity (Wildman–Crippen MR) is 58.3 cm³/mol. The van der Waals surface area contributed by atoms with Crippen LogP contribution in [0.15, 0.2) is 24.4 Å². The van der Waals surface area contributed by atoms with Crippen molar-refractivity contribution in [1.29, 1.82) is 0 Å². The van der Waals surface area contributed by atoms with Crippen LogP contribution in [0.5, 0.6) is 5.75 Å². The Morgan fingerprint density at radius 1 is 1.50 bits per heavy atom. The van der Waals surface area contributed by atoms with E-state index in [1.807, 2.05) is 0 Å². The molecule has 82 valence electrons. The summed E-state index contributed by atoms with van der Waals surface area (Å²) in [5.74, 6) is 0.568. The molecule has 0 aliphatic heterocycles. The van der Waals surface area contributed by atoms with Crippen molar-refractivity contribution in [1.82, 2.24) is 15.0 Å². The monoisotopic (exact) mass is 237 g/mol. The number of hydrogen-bond acceptors (Lipinski definition) is 4. The lowest BCUT2D eigenvalue weighted by atomic mass is 10.3. The summed E-state index contributed by atoms with van der Waals surface area (Å²) in [6.07, 6.45) is 2.06. The lowest BCUT2D eigenvalue weighted by Gasteiger charge is -2.06. The second kappa shape index (κ2) is 4.32.